The molecule has 3 aromatic rings. The molecule has 0 aliphatic carbocycles. The zero-order valence-electron chi connectivity index (χ0n) is 24.8. The summed E-state index contributed by atoms with van der Waals surface area (Å²) in [5, 5.41) is 23.9. The van der Waals surface area contributed by atoms with Gasteiger partial charge < -0.3 is 15.7 Å². The number of aliphatic hydroxyl groups is 1. The maximum Gasteiger partial charge on any atom is 0.417 e. The van der Waals surface area contributed by atoms with Gasteiger partial charge in [0.15, 0.2) is 15.4 Å². The number of sulfone groups is 1. The maximum atomic E-state index is 13.0. The number of alkyl halides is 3. The predicted octanol–water partition coefficient (Wildman–Crippen LogP) is 3.93. The Hall–Kier alpha value is -4.36. The molecule has 0 aliphatic rings. The van der Waals surface area contributed by atoms with Gasteiger partial charge in [0, 0.05) is 23.8 Å². The minimum Gasteiger partial charge on any atom is -0.379 e. The summed E-state index contributed by atoms with van der Waals surface area (Å²) in [4.78, 5) is 23.6. The molecule has 0 heterocycles. The fraction of sp³-hybridized carbons (Fsp3) is 0.300. The Morgan fingerprint density at radius 1 is 1.00 bits per heavy atom. The Kier molecular flexibility index (Phi) is 12.7. The van der Waals surface area contributed by atoms with E-state index >= 15 is 0 Å². The lowest BCUT2D eigenvalue weighted by atomic mass is 10.1. The van der Waals surface area contributed by atoms with Crippen LogP contribution in [0.2, 0.25) is 0 Å². The van der Waals surface area contributed by atoms with Crippen LogP contribution in [0.15, 0.2) is 71.6 Å². The molecule has 242 valence electrons. The maximum absolute atomic E-state index is 13.0. The average molecular weight is 652 g/mol. The molecular weight excluding hydrogens is 618 g/mol. The van der Waals surface area contributed by atoms with Gasteiger partial charge in [-0.2, -0.15) is 18.4 Å². The third-order valence-corrected chi connectivity index (χ3v) is 7.87. The number of nitrogens with zero attached hydrogens (tertiary/aromatic N) is 1. The van der Waals surface area contributed by atoms with E-state index in [1.807, 2.05) is 50.5 Å². The second-order valence-electron chi connectivity index (χ2n) is 10.2. The van der Waals surface area contributed by atoms with E-state index < -0.39 is 50.2 Å². The predicted molar refractivity (Wildman–Crippen MR) is 159 cm³/mol. The summed E-state index contributed by atoms with van der Waals surface area (Å²) < 4.78 is 76.6. The SMILES string of the molecule is CC(O)(CS(=O)(=O)c1ccc(F)cc1)C(=O)Nc1ccc(C#N)c(C(F)(F)F)c1.CNNCc1ccc(C(=O)NC(C)C)cc1. The van der Waals surface area contributed by atoms with Crippen LogP contribution < -0.4 is 21.5 Å². The Morgan fingerprint density at radius 3 is 2.11 bits per heavy atom. The van der Waals surface area contributed by atoms with Crippen LogP contribution in [-0.4, -0.2) is 49.8 Å². The van der Waals surface area contributed by atoms with Gasteiger partial charge in [0.1, 0.15) is 5.82 Å². The lowest BCUT2D eigenvalue weighted by Crippen LogP contribution is -2.45. The van der Waals surface area contributed by atoms with Crippen molar-refractivity contribution in [3.05, 3.63) is 94.8 Å². The van der Waals surface area contributed by atoms with Crippen LogP contribution in [0, 0.1) is 17.1 Å². The Balaban J connectivity index is 0.000000372. The topological polar surface area (TPSA) is 160 Å². The number of anilines is 1. The van der Waals surface area contributed by atoms with Crippen molar-refractivity contribution in [1.29, 1.82) is 5.26 Å². The highest BCUT2D eigenvalue weighted by atomic mass is 32.2. The van der Waals surface area contributed by atoms with Crippen molar-refractivity contribution in [2.24, 2.45) is 0 Å². The minimum atomic E-state index is -4.86. The Bertz CT molecular complexity index is 1620. The molecule has 3 aromatic carbocycles. The van der Waals surface area contributed by atoms with E-state index in [9.17, 15) is 40.7 Å². The van der Waals surface area contributed by atoms with Gasteiger partial charge in [-0.15, -0.1) is 0 Å². The van der Waals surface area contributed by atoms with Gasteiger partial charge in [0.2, 0.25) is 0 Å². The molecule has 3 rings (SSSR count). The third-order valence-electron chi connectivity index (χ3n) is 5.94. The van der Waals surface area contributed by atoms with Crippen molar-refractivity contribution < 1.29 is 40.7 Å². The molecule has 15 heteroatoms. The zero-order chi connectivity index (χ0) is 34.0. The molecule has 2 amide bonds. The second-order valence-corrected chi connectivity index (χ2v) is 12.2. The van der Waals surface area contributed by atoms with Crippen molar-refractivity contribution >= 4 is 27.3 Å². The first-order chi connectivity index (χ1) is 20.9. The Morgan fingerprint density at radius 2 is 1.60 bits per heavy atom. The quantitative estimate of drug-likeness (QED) is 0.125. The number of carbonyl (C=O) groups is 2. The molecule has 0 aromatic heterocycles. The average Bonchev–Trinajstić information content (AvgIpc) is 2.95. The van der Waals surface area contributed by atoms with Gasteiger partial charge in [-0.1, -0.05) is 12.1 Å². The molecule has 0 fully saturated rings. The summed E-state index contributed by atoms with van der Waals surface area (Å²) in [6.45, 7) is 5.51. The fourth-order valence-corrected chi connectivity index (χ4v) is 5.28. The summed E-state index contributed by atoms with van der Waals surface area (Å²) in [5.41, 5.74) is 2.81. The number of nitriles is 1. The summed E-state index contributed by atoms with van der Waals surface area (Å²) in [6.07, 6.45) is -4.86. The van der Waals surface area contributed by atoms with Gasteiger partial charge in [-0.05, 0) is 88.0 Å². The van der Waals surface area contributed by atoms with Crippen LogP contribution in [0.4, 0.5) is 23.2 Å². The monoisotopic (exact) mass is 651 g/mol. The highest BCUT2D eigenvalue weighted by Gasteiger charge is 2.38. The number of benzene rings is 3. The molecular formula is C30H33F4N5O5S. The molecule has 0 radical (unpaired) electrons. The fourth-order valence-electron chi connectivity index (χ4n) is 3.69. The van der Waals surface area contributed by atoms with Crippen molar-refractivity contribution in [2.45, 2.75) is 50.0 Å². The summed E-state index contributed by atoms with van der Waals surface area (Å²) in [5.74, 6) is -3.08. The zero-order valence-corrected chi connectivity index (χ0v) is 25.6. The van der Waals surface area contributed by atoms with Crippen LogP contribution >= 0.6 is 0 Å². The summed E-state index contributed by atoms with van der Waals surface area (Å²) >= 11 is 0. The normalized spacial score (nSPS) is 12.7. The standard InChI is InChI=1S/C18H14F4N2O4S.C12H19N3O/c1-17(26,10-29(27,28)14-6-3-12(19)4-7-14)16(25)24-13-5-2-11(9-23)15(8-13)18(20,21)22;1-9(2)15-12(16)11-6-4-10(5-7-11)8-14-13-3/h2-8,26H,10H2,1H3,(H,24,25);4-7,9,13-14H,8H2,1-3H3,(H,15,16). The molecule has 0 saturated carbocycles. The molecule has 10 nitrogen and oxygen atoms in total. The van der Waals surface area contributed by atoms with Crippen molar-refractivity contribution in [3.8, 4) is 6.07 Å². The van der Waals surface area contributed by atoms with E-state index in [2.05, 4.69) is 16.2 Å². The molecule has 1 unspecified atom stereocenters. The number of hydrogen-bond acceptors (Lipinski definition) is 8. The van der Waals surface area contributed by atoms with E-state index in [4.69, 9.17) is 5.26 Å². The highest BCUT2D eigenvalue weighted by Crippen LogP contribution is 2.33. The van der Waals surface area contributed by atoms with Crippen LogP contribution in [0.25, 0.3) is 0 Å². The molecule has 45 heavy (non-hydrogen) atoms. The first-order valence-electron chi connectivity index (χ1n) is 13.3. The van der Waals surface area contributed by atoms with Crippen LogP contribution in [0.3, 0.4) is 0 Å². The minimum absolute atomic E-state index is 0.0249. The van der Waals surface area contributed by atoms with Gasteiger partial charge in [0.25, 0.3) is 11.8 Å². The smallest absolute Gasteiger partial charge is 0.379 e. The van der Waals surface area contributed by atoms with Gasteiger partial charge in [-0.25, -0.2) is 12.8 Å². The van der Waals surface area contributed by atoms with E-state index in [-0.39, 0.29) is 22.5 Å². The molecule has 5 N–H and O–H groups in total. The second kappa shape index (κ2) is 15.6. The van der Waals surface area contributed by atoms with E-state index in [1.165, 1.54) is 6.07 Å². The van der Waals surface area contributed by atoms with Gasteiger partial charge in [0.05, 0.1) is 27.8 Å². The molecule has 0 bridgehead atoms. The van der Waals surface area contributed by atoms with Crippen LogP contribution in [0.1, 0.15) is 47.8 Å². The molecule has 0 spiro atoms. The van der Waals surface area contributed by atoms with E-state index in [1.54, 1.807) is 0 Å². The molecule has 0 saturated heterocycles. The number of carbonyl (C=O) groups excluding carboxylic acids is 2. The van der Waals surface area contributed by atoms with E-state index in [0.717, 1.165) is 55.4 Å². The van der Waals surface area contributed by atoms with Crippen molar-refractivity contribution in [3.63, 3.8) is 0 Å². The highest BCUT2D eigenvalue weighted by molar-refractivity contribution is 7.91. The lowest BCUT2D eigenvalue weighted by Gasteiger charge is -2.22. The third kappa shape index (κ3) is 11.3. The van der Waals surface area contributed by atoms with E-state index in [0.29, 0.717) is 11.6 Å². The van der Waals surface area contributed by atoms with Gasteiger partial charge in [-0.3, -0.25) is 20.4 Å². The first-order valence-corrected chi connectivity index (χ1v) is 15.0. The summed E-state index contributed by atoms with van der Waals surface area (Å²) in [6, 6.07) is 15.1. The van der Waals surface area contributed by atoms with Crippen LogP contribution in [0.5, 0.6) is 0 Å². The lowest BCUT2D eigenvalue weighted by molar-refractivity contribution is -0.137. The number of hydrogen-bond donors (Lipinski definition) is 5. The van der Waals surface area contributed by atoms with Crippen LogP contribution in [-0.2, 0) is 27.4 Å². The number of amides is 2. The van der Waals surface area contributed by atoms with Gasteiger partial charge >= 0.3 is 6.18 Å². The van der Waals surface area contributed by atoms with Crippen molar-refractivity contribution in [2.75, 3.05) is 18.1 Å². The first kappa shape index (κ1) is 36.8. The van der Waals surface area contributed by atoms with Crippen molar-refractivity contribution in [1.82, 2.24) is 16.2 Å². The molecule has 1 atom stereocenters. The number of halogens is 4. The summed E-state index contributed by atoms with van der Waals surface area (Å²) in [7, 11) is -2.39. The number of hydrazine groups is 1. The number of nitrogens with one attached hydrogen (secondary N) is 4. The number of rotatable bonds is 10. The largest absolute Gasteiger partial charge is 0.417 e. The molecule has 0 aliphatic heterocycles. The Labute approximate surface area is 258 Å².